The molecule has 0 spiro atoms. The van der Waals surface area contributed by atoms with E-state index in [-0.39, 0.29) is 26.5 Å². The normalized spacial score (nSPS) is 16.4. The van der Waals surface area contributed by atoms with Crippen LogP contribution in [0.3, 0.4) is 0 Å². The number of nitrogens with zero attached hydrogens (tertiary/aromatic N) is 2. The van der Waals surface area contributed by atoms with Crippen molar-refractivity contribution in [2.75, 3.05) is 18.8 Å². The van der Waals surface area contributed by atoms with E-state index in [2.05, 4.69) is 16.6 Å². The van der Waals surface area contributed by atoms with Crippen LogP contribution in [0.1, 0.15) is 25.3 Å². The molecule has 2 aromatic carbocycles. The van der Waals surface area contributed by atoms with Gasteiger partial charge in [0.05, 0.1) is 26.3 Å². The smallest absolute Gasteiger partial charge is 0.246 e. The van der Waals surface area contributed by atoms with Gasteiger partial charge in [0, 0.05) is 19.3 Å². The molecule has 2 aromatic rings. The number of carbonyl (C=O) groups is 1. The SMILES string of the molecule is Cc1ccccc1N=CC(NS(=O)(=O)c1cc(Cl)c(N)c(Cl)c1)C(=O)N1CCC(C)CC1. The maximum atomic E-state index is 13.2. The summed E-state index contributed by atoms with van der Waals surface area (Å²) >= 11 is 12.0. The second-order valence-corrected chi connectivity index (χ2v) is 10.5. The van der Waals surface area contributed by atoms with Crippen molar-refractivity contribution in [2.24, 2.45) is 10.9 Å². The summed E-state index contributed by atoms with van der Waals surface area (Å²) in [6, 6.07) is 8.60. The fraction of sp³-hybridized carbons (Fsp3) is 0.364. The number of nitrogens with two attached hydrogens (primary N) is 1. The summed E-state index contributed by atoms with van der Waals surface area (Å²) < 4.78 is 28.6. The highest BCUT2D eigenvalue weighted by atomic mass is 35.5. The van der Waals surface area contributed by atoms with Crippen molar-refractivity contribution in [3.05, 3.63) is 52.0 Å². The molecule has 0 bridgehead atoms. The van der Waals surface area contributed by atoms with Gasteiger partial charge in [-0.1, -0.05) is 48.3 Å². The minimum absolute atomic E-state index is 0.0133. The first-order valence-corrected chi connectivity index (χ1v) is 12.5. The maximum Gasteiger partial charge on any atom is 0.246 e. The molecule has 0 aromatic heterocycles. The number of nitrogen functional groups attached to an aromatic ring is 1. The van der Waals surface area contributed by atoms with Gasteiger partial charge >= 0.3 is 0 Å². The molecule has 10 heteroatoms. The van der Waals surface area contributed by atoms with Crippen molar-refractivity contribution >= 4 is 56.7 Å². The van der Waals surface area contributed by atoms with Crippen LogP contribution < -0.4 is 10.5 Å². The van der Waals surface area contributed by atoms with Crippen molar-refractivity contribution in [1.82, 2.24) is 9.62 Å². The van der Waals surface area contributed by atoms with Crippen LogP contribution in [0.25, 0.3) is 0 Å². The van der Waals surface area contributed by atoms with Gasteiger partial charge in [-0.2, -0.15) is 4.72 Å². The lowest BCUT2D eigenvalue weighted by molar-refractivity contribution is -0.132. The fourth-order valence-electron chi connectivity index (χ4n) is 3.38. The minimum Gasteiger partial charge on any atom is -0.396 e. The number of anilines is 1. The predicted octanol–water partition coefficient (Wildman–Crippen LogP) is 4.19. The van der Waals surface area contributed by atoms with Gasteiger partial charge in [-0.15, -0.1) is 0 Å². The highest BCUT2D eigenvalue weighted by Gasteiger charge is 2.30. The molecule has 0 radical (unpaired) electrons. The quantitative estimate of drug-likeness (QED) is 0.461. The van der Waals surface area contributed by atoms with Gasteiger partial charge in [-0.05, 0) is 49.4 Å². The standard InChI is InChI=1S/C22H26Cl2N4O3S/c1-14-7-9-28(10-8-14)22(29)20(13-26-19-6-4-3-5-15(19)2)27-32(30,31)16-11-17(23)21(25)18(24)12-16/h3-6,11-14,20,27H,7-10,25H2,1-2H3. The lowest BCUT2D eigenvalue weighted by Gasteiger charge is -2.32. The molecule has 3 N–H and O–H groups in total. The lowest BCUT2D eigenvalue weighted by Crippen LogP contribution is -2.51. The monoisotopic (exact) mass is 496 g/mol. The molecule has 32 heavy (non-hydrogen) atoms. The highest BCUT2D eigenvalue weighted by molar-refractivity contribution is 7.89. The van der Waals surface area contributed by atoms with Crippen LogP contribution in [0, 0.1) is 12.8 Å². The average molecular weight is 497 g/mol. The Morgan fingerprint density at radius 2 is 1.81 bits per heavy atom. The van der Waals surface area contributed by atoms with Crippen LogP contribution in [0.5, 0.6) is 0 Å². The molecule has 1 unspecified atom stereocenters. The van der Waals surface area contributed by atoms with E-state index in [1.807, 2.05) is 25.1 Å². The molecule has 0 saturated carbocycles. The third kappa shape index (κ3) is 5.81. The Kier molecular flexibility index (Phi) is 7.82. The van der Waals surface area contributed by atoms with Crippen LogP contribution >= 0.6 is 23.2 Å². The zero-order valence-corrected chi connectivity index (χ0v) is 20.2. The average Bonchev–Trinajstić information content (AvgIpc) is 2.75. The first-order valence-electron chi connectivity index (χ1n) is 10.2. The molecule has 1 aliphatic heterocycles. The van der Waals surface area contributed by atoms with E-state index in [0.29, 0.717) is 24.7 Å². The number of sulfonamides is 1. The number of carbonyl (C=O) groups excluding carboxylic acids is 1. The number of nitrogens with one attached hydrogen (secondary N) is 1. The number of hydrogen-bond acceptors (Lipinski definition) is 5. The van der Waals surface area contributed by atoms with Crippen LogP contribution in [0.2, 0.25) is 10.0 Å². The van der Waals surface area contributed by atoms with Crippen LogP contribution in [-0.4, -0.2) is 44.6 Å². The van der Waals surface area contributed by atoms with Gasteiger partial charge in [0.25, 0.3) is 0 Å². The van der Waals surface area contributed by atoms with E-state index < -0.39 is 16.1 Å². The number of amides is 1. The van der Waals surface area contributed by atoms with Crippen molar-refractivity contribution in [3.8, 4) is 0 Å². The number of rotatable bonds is 6. The number of aliphatic imine (C=N–C) groups is 1. The van der Waals surface area contributed by atoms with Gasteiger partial charge in [0.1, 0.15) is 6.04 Å². The summed E-state index contributed by atoms with van der Waals surface area (Å²) in [7, 11) is -4.14. The van der Waals surface area contributed by atoms with Gasteiger partial charge in [0.2, 0.25) is 15.9 Å². The predicted molar refractivity (Wildman–Crippen MR) is 129 cm³/mol. The molecule has 1 aliphatic rings. The van der Waals surface area contributed by atoms with Crippen molar-refractivity contribution in [2.45, 2.75) is 37.6 Å². The number of likely N-dealkylation sites (tertiary alicyclic amines) is 1. The van der Waals surface area contributed by atoms with Crippen molar-refractivity contribution in [1.29, 1.82) is 0 Å². The number of benzene rings is 2. The summed E-state index contributed by atoms with van der Waals surface area (Å²) in [5.41, 5.74) is 7.36. The summed E-state index contributed by atoms with van der Waals surface area (Å²) in [6.07, 6.45) is 3.06. The summed E-state index contributed by atoms with van der Waals surface area (Å²) in [5, 5.41) is 0.0266. The Morgan fingerprint density at radius 3 is 2.41 bits per heavy atom. The van der Waals surface area contributed by atoms with Gasteiger partial charge < -0.3 is 10.6 Å². The third-order valence-corrected chi connectivity index (χ3v) is 7.53. The molecule has 3 rings (SSSR count). The molecule has 1 heterocycles. The Balaban J connectivity index is 1.92. The molecule has 1 fully saturated rings. The second kappa shape index (κ2) is 10.2. The largest absolute Gasteiger partial charge is 0.396 e. The Morgan fingerprint density at radius 1 is 1.22 bits per heavy atom. The summed E-state index contributed by atoms with van der Waals surface area (Å²) in [4.78, 5) is 19.1. The van der Waals surface area contributed by atoms with E-state index >= 15 is 0 Å². The number of hydrogen-bond donors (Lipinski definition) is 2. The number of piperidine rings is 1. The number of para-hydroxylation sites is 1. The van der Waals surface area contributed by atoms with Crippen LogP contribution in [0.15, 0.2) is 46.3 Å². The molecular formula is C22H26Cl2N4O3S. The van der Waals surface area contributed by atoms with E-state index in [1.165, 1.54) is 18.3 Å². The molecule has 7 nitrogen and oxygen atoms in total. The summed E-state index contributed by atoms with van der Waals surface area (Å²) in [6.45, 7) is 5.15. The zero-order valence-electron chi connectivity index (χ0n) is 17.9. The Bertz CT molecular complexity index is 1110. The highest BCUT2D eigenvalue weighted by Crippen LogP contribution is 2.30. The molecule has 0 aliphatic carbocycles. The topological polar surface area (TPSA) is 105 Å². The van der Waals surface area contributed by atoms with Gasteiger partial charge in [-0.25, -0.2) is 8.42 Å². The second-order valence-electron chi connectivity index (χ2n) is 7.97. The number of halogens is 2. The Labute approximate surface area is 198 Å². The van der Waals surface area contributed by atoms with Gasteiger partial charge in [-0.3, -0.25) is 9.79 Å². The fourth-order valence-corrected chi connectivity index (χ4v) is 5.18. The molecule has 172 valence electrons. The molecule has 1 saturated heterocycles. The maximum absolute atomic E-state index is 13.2. The van der Waals surface area contributed by atoms with E-state index in [0.717, 1.165) is 18.4 Å². The third-order valence-electron chi connectivity index (χ3n) is 5.48. The number of aryl methyl sites for hydroxylation is 1. The Hall–Kier alpha value is -2.13. The minimum atomic E-state index is -4.14. The van der Waals surface area contributed by atoms with Crippen LogP contribution in [-0.2, 0) is 14.8 Å². The first-order chi connectivity index (χ1) is 15.1. The van der Waals surface area contributed by atoms with Crippen molar-refractivity contribution in [3.63, 3.8) is 0 Å². The van der Waals surface area contributed by atoms with E-state index in [1.54, 1.807) is 11.0 Å². The van der Waals surface area contributed by atoms with Gasteiger partial charge in [0.15, 0.2) is 0 Å². The summed E-state index contributed by atoms with van der Waals surface area (Å²) in [5.74, 6) is 0.166. The van der Waals surface area contributed by atoms with E-state index in [4.69, 9.17) is 28.9 Å². The molecule has 1 amide bonds. The van der Waals surface area contributed by atoms with Crippen molar-refractivity contribution < 1.29 is 13.2 Å². The molecular weight excluding hydrogens is 471 g/mol. The zero-order chi connectivity index (χ0) is 23.5. The lowest BCUT2D eigenvalue weighted by atomic mass is 9.99. The van der Waals surface area contributed by atoms with E-state index in [9.17, 15) is 13.2 Å². The van der Waals surface area contributed by atoms with Crippen LogP contribution in [0.4, 0.5) is 11.4 Å². The first kappa shape index (κ1) is 24.5. The molecule has 1 atom stereocenters.